The molecule has 0 heterocycles. The van der Waals surface area contributed by atoms with Gasteiger partial charge in [-0.25, -0.2) is 4.21 Å². The Labute approximate surface area is 154 Å². The van der Waals surface area contributed by atoms with Crippen LogP contribution in [0.3, 0.4) is 0 Å². The highest BCUT2D eigenvalue weighted by atomic mass is 35.5. The van der Waals surface area contributed by atoms with Crippen molar-refractivity contribution >= 4 is 40.2 Å². The number of benzene rings is 2. The topological polar surface area (TPSA) is 61.4 Å². The smallest absolute Gasteiger partial charge is 0.259 e. The number of halogens is 2. The molecular weight excluding hydrogens is 367 g/mol. The van der Waals surface area contributed by atoms with Crippen molar-refractivity contribution in [1.29, 1.82) is 0 Å². The van der Waals surface area contributed by atoms with Crippen molar-refractivity contribution in [3.05, 3.63) is 63.1 Å². The molecule has 7 heteroatoms. The normalized spacial score (nSPS) is 21.2. The molecule has 0 aromatic heterocycles. The molecule has 0 radical (unpaired) electrons. The molecule has 4 nitrogen and oxygen atoms in total. The maximum atomic E-state index is 11.0. The summed E-state index contributed by atoms with van der Waals surface area (Å²) in [6.45, 7) is 0. The van der Waals surface area contributed by atoms with E-state index in [2.05, 4.69) is 10.0 Å². The summed E-state index contributed by atoms with van der Waals surface area (Å²) in [6.07, 6.45) is 1.97. The van der Waals surface area contributed by atoms with Crippen molar-refractivity contribution in [3.8, 4) is 0 Å². The standard InChI is InChI=1S/C17H18Cl2N2O2S/c1-20-17-7-5-12(10-2-6-15(18)16(19)8-10)14-9-11(21-24(22)23)3-4-13(14)17/h2-4,6,8-9,12,17,20-21H,5,7H2,1H3,(H,22,23). The van der Waals surface area contributed by atoms with E-state index in [0.717, 1.165) is 24.0 Å². The highest BCUT2D eigenvalue weighted by Crippen LogP contribution is 2.43. The number of nitrogens with one attached hydrogen (secondary N) is 2. The molecule has 0 fully saturated rings. The van der Waals surface area contributed by atoms with E-state index >= 15 is 0 Å². The van der Waals surface area contributed by atoms with Gasteiger partial charge in [0, 0.05) is 17.6 Å². The van der Waals surface area contributed by atoms with E-state index in [4.69, 9.17) is 27.8 Å². The van der Waals surface area contributed by atoms with Crippen LogP contribution < -0.4 is 10.0 Å². The Morgan fingerprint density at radius 2 is 1.88 bits per heavy atom. The van der Waals surface area contributed by atoms with Gasteiger partial charge < -0.3 is 5.32 Å². The minimum absolute atomic E-state index is 0.174. The first-order chi connectivity index (χ1) is 11.5. The van der Waals surface area contributed by atoms with Crippen LogP contribution in [0.1, 0.15) is 41.5 Å². The van der Waals surface area contributed by atoms with Gasteiger partial charge >= 0.3 is 0 Å². The van der Waals surface area contributed by atoms with Gasteiger partial charge in [-0.2, -0.15) is 0 Å². The monoisotopic (exact) mass is 384 g/mol. The zero-order valence-electron chi connectivity index (χ0n) is 13.1. The first-order valence-corrected chi connectivity index (χ1v) is 9.49. The van der Waals surface area contributed by atoms with Gasteiger partial charge in [0.1, 0.15) is 0 Å². The third-order valence-electron chi connectivity index (χ3n) is 4.48. The van der Waals surface area contributed by atoms with Gasteiger partial charge in [0.2, 0.25) is 0 Å². The summed E-state index contributed by atoms with van der Waals surface area (Å²) in [6, 6.07) is 11.8. The van der Waals surface area contributed by atoms with Crippen molar-refractivity contribution < 1.29 is 8.76 Å². The Balaban J connectivity index is 2.06. The zero-order valence-corrected chi connectivity index (χ0v) is 15.4. The Kier molecular flexibility index (Phi) is 5.47. The summed E-state index contributed by atoms with van der Waals surface area (Å²) >= 11 is 10.1. The molecule has 0 saturated heterocycles. The minimum Gasteiger partial charge on any atom is -0.313 e. The van der Waals surface area contributed by atoms with Crippen molar-refractivity contribution in [3.63, 3.8) is 0 Å². The van der Waals surface area contributed by atoms with Crippen molar-refractivity contribution in [1.82, 2.24) is 5.32 Å². The fourth-order valence-corrected chi connectivity index (χ4v) is 4.01. The van der Waals surface area contributed by atoms with Crippen molar-refractivity contribution in [2.24, 2.45) is 0 Å². The first-order valence-electron chi connectivity index (χ1n) is 7.63. The molecule has 3 N–H and O–H groups in total. The van der Waals surface area contributed by atoms with Crippen LogP contribution in [0.15, 0.2) is 36.4 Å². The van der Waals surface area contributed by atoms with E-state index in [1.807, 2.05) is 43.4 Å². The molecule has 0 aliphatic heterocycles. The predicted octanol–water partition coefficient (Wildman–Crippen LogP) is 4.73. The van der Waals surface area contributed by atoms with Crippen LogP contribution in [0.2, 0.25) is 10.0 Å². The van der Waals surface area contributed by atoms with Crippen LogP contribution in [0.4, 0.5) is 5.69 Å². The Morgan fingerprint density at radius 1 is 1.08 bits per heavy atom. The first kappa shape index (κ1) is 17.7. The zero-order chi connectivity index (χ0) is 17.3. The maximum absolute atomic E-state index is 11.0. The van der Waals surface area contributed by atoms with Crippen LogP contribution >= 0.6 is 23.2 Å². The number of rotatable bonds is 4. The Hall–Kier alpha value is -1.11. The van der Waals surface area contributed by atoms with Crippen LogP contribution in [0.25, 0.3) is 0 Å². The lowest BCUT2D eigenvalue weighted by Crippen LogP contribution is -2.24. The third kappa shape index (κ3) is 3.60. The average Bonchev–Trinajstić information content (AvgIpc) is 2.55. The van der Waals surface area contributed by atoms with Gasteiger partial charge in [-0.05, 0) is 60.8 Å². The summed E-state index contributed by atoms with van der Waals surface area (Å²) < 4.78 is 22.7. The van der Waals surface area contributed by atoms with Gasteiger partial charge in [0.25, 0.3) is 11.3 Å². The summed E-state index contributed by atoms with van der Waals surface area (Å²) in [7, 11) is 1.95. The fraction of sp³-hybridized carbons (Fsp3) is 0.294. The molecule has 3 atom stereocenters. The second-order valence-electron chi connectivity index (χ2n) is 5.84. The van der Waals surface area contributed by atoms with E-state index in [1.165, 1.54) is 5.56 Å². The molecule has 1 aliphatic rings. The van der Waals surface area contributed by atoms with Gasteiger partial charge in [-0.3, -0.25) is 9.27 Å². The lowest BCUT2D eigenvalue weighted by atomic mass is 9.76. The minimum atomic E-state index is -2.09. The SMILES string of the molecule is CNC1CCC(c2ccc(Cl)c(Cl)c2)c2cc(NS(=O)O)ccc21. The summed E-state index contributed by atoms with van der Waals surface area (Å²) in [5.41, 5.74) is 4.06. The maximum Gasteiger partial charge on any atom is 0.259 e. The molecule has 128 valence electrons. The van der Waals surface area contributed by atoms with Crippen LogP contribution in [-0.4, -0.2) is 15.8 Å². The lowest BCUT2D eigenvalue weighted by molar-refractivity contribution is 0.471. The molecular formula is C17H18Cl2N2O2S. The quantitative estimate of drug-likeness (QED) is 0.667. The molecule has 0 saturated carbocycles. The van der Waals surface area contributed by atoms with Crippen LogP contribution in [0.5, 0.6) is 0 Å². The van der Waals surface area contributed by atoms with Crippen molar-refractivity contribution in [2.45, 2.75) is 24.8 Å². The van der Waals surface area contributed by atoms with Gasteiger partial charge in [-0.15, -0.1) is 0 Å². The van der Waals surface area contributed by atoms with E-state index in [-0.39, 0.29) is 12.0 Å². The summed E-state index contributed by atoms with van der Waals surface area (Å²) in [4.78, 5) is 0. The predicted molar refractivity (Wildman–Crippen MR) is 100 cm³/mol. The van der Waals surface area contributed by atoms with Crippen molar-refractivity contribution in [2.75, 3.05) is 11.8 Å². The van der Waals surface area contributed by atoms with Gasteiger partial charge in [-0.1, -0.05) is 35.3 Å². The largest absolute Gasteiger partial charge is 0.313 e. The Morgan fingerprint density at radius 3 is 2.54 bits per heavy atom. The molecule has 0 bridgehead atoms. The van der Waals surface area contributed by atoms with E-state index in [0.29, 0.717) is 15.7 Å². The fourth-order valence-electron chi connectivity index (χ4n) is 3.38. The molecule has 0 amide bonds. The molecule has 24 heavy (non-hydrogen) atoms. The lowest BCUT2D eigenvalue weighted by Gasteiger charge is -2.32. The number of hydrogen-bond donors (Lipinski definition) is 3. The molecule has 3 unspecified atom stereocenters. The highest BCUT2D eigenvalue weighted by Gasteiger charge is 2.28. The summed E-state index contributed by atoms with van der Waals surface area (Å²) in [5.74, 6) is 0.174. The van der Waals surface area contributed by atoms with E-state index < -0.39 is 11.3 Å². The molecule has 1 aliphatic carbocycles. The second kappa shape index (κ2) is 7.42. The molecule has 3 rings (SSSR count). The number of fused-ring (bicyclic) bond motifs is 1. The molecule has 2 aromatic carbocycles. The molecule has 2 aromatic rings. The van der Waals surface area contributed by atoms with Gasteiger partial charge in [0.05, 0.1) is 10.0 Å². The van der Waals surface area contributed by atoms with Crippen LogP contribution in [-0.2, 0) is 11.3 Å². The average molecular weight is 385 g/mol. The van der Waals surface area contributed by atoms with Gasteiger partial charge in [0.15, 0.2) is 0 Å². The summed E-state index contributed by atoms with van der Waals surface area (Å²) in [5, 5.41) is 4.41. The third-order valence-corrected chi connectivity index (χ3v) is 5.63. The number of hydrogen-bond acceptors (Lipinski definition) is 2. The van der Waals surface area contributed by atoms with Crippen LogP contribution in [0, 0.1) is 0 Å². The molecule has 0 spiro atoms. The van der Waals surface area contributed by atoms with E-state index in [9.17, 15) is 4.21 Å². The number of anilines is 1. The Bertz CT molecular complexity index is 785. The van der Waals surface area contributed by atoms with E-state index in [1.54, 1.807) is 0 Å². The second-order valence-corrected chi connectivity index (χ2v) is 7.36. The highest BCUT2D eigenvalue weighted by molar-refractivity contribution is 7.80.